The SMILES string of the molecule is CC1(C)OB(c2c(F)cc(OCc3ccccc3)c3c2NC(=O)CC3)OC1(C)C. The molecule has 2 aliphatic rings. The Hall–Kier alpha value is -2.38. The fourth-order valence-corrected chi connectivity index (χ4v) is 3.57. The molecule has 29 heavy (non-hydrogen) atoms. The van der Waals surface area contributed by atoms with Gasteiger partial charge in [0.15, 0.2) is 0 Å². The Morgan fingerprint density at radius 2 is 1.76 bits per heavy atom. The average molecular weight is 397 g/mol. The number of carbonyl (C=O) groups excluding carboxylic acids is 1. The number of halogens is 1. The number of hydrogen-bond donors (Lipinski definition) is 1. The molecule has 7 heteroatoms. The molecule has 152 valence electrons. The molecule has 0 spiro atoms. The number of ether oxygens (including phenoxy) is 1. The molecule has 1 N–H and O–H groups in total. The van der Waals surface area contributed by atoms with Crippen LogP contribution in [0.5, 0.6) is 5.75 Å². The number of nitrogens with one attached hydrogen (secondary N) is 1. The molecule has 1 saturated heterocycles. The fraction of sp³-hybridized carbons (Fsp3) is 0.409. The van der Waals surface area contributed by atoms with Crippen molar-refractivity contribution in [3.05, 3.63) is 53.3 Å². The predicted octanol–water partition coefficient (Wildman–Crippen LogP) is 3.59. The van der Waals surface area contributed by atoms with Crippen LogP contribution in [-0.2, 0) is 27.1 Å². The van der Waals surface area contributed by atoms with Crippen LogP contribution in [0.25, 0.3) is 0 Å². The van der Waals surface area contributed by atoms with Gasteiger partial charge in [0.05, 0.1) is 16.9 Å². The van der Waals surface area contributed by atoms with Gasteiger partial charge in [-0.15, -0.1) is 0 Å². The van der Waals surface area contributed by atoms with Gasteiger partial charge in [-0.05, 0) is 39.7 Å². The van der Waals surface area contributed by atoms with Gasteiger partial charge in [-0.3, -0.25) is 4.79 Å². The summed E-state index contributed by atoms with van der Waals surface area (Å²) in [5.74, 6) is -0.246. The van der Waals surface area contributed by atoms with Gasteiger partial charge < -0.3 is 19.4 Å². The van der Waals surface area contributed by atoms with Crippen molar-refractivity contribution in [2.45, 2.75) is 58.3 Å². The third-order valence-corrected chi connectivity index (χ3v) is 5.98. The zero-order valence-corrected chi connectivity index (χ0v) is 17.2. The topological polar surface area (TPSA) is 56.8 Å². The Labute approximate surface area is 170 Å². The lowest BCUT2D eigenvalue weighted by Gasteiger charge is -2.32. The summed E-state index contributed by atoms with van der Waals surface area (Å²) >= 11 is 0. The van der Waals surface area contributed by atoms with Crippen LogP contribution < -0.4 is 15.5 Å². The molecule has 0 radical (unpaired) electrons. The summed E-state index contributed by atoms with van der Waals surface area (Å²) in [5.41, 5.74) is 1.15. The fourth-order valence-electron chi connectivity index (χ4n) is 3.57. The highest BCUT2D eigenvalue weighted by molar-refractivity contribution is 6.64. The molecule has 2 aliphatic heterocycles. The molecule has 0 atom stereocenters. The second-order valence-electron chi connectivity index (χ2n) is 8.53. The normalized spacial score (nSPS) is 19.6. The van der Waals surface area contributed by atoms with Crippen LogP contribution in [0.2, 0.25) is 0 Å². The van der Waals surface area contributed by atoms with Gasteiger partial charge in [-0.1, -0.05) is 30.3 Å². The molecule has 2 heterocycles. The first kappa shape index (κ1) is 19.9. The number of anilines is 1. The van der Waals surface area contributed by atoms with Crippen molar-refractivity contribution < 1.29 is 23.2 Å². The Morgan fingerprint density at radius 1 is 1.10 bits per heavy atom. The maximum absolute atomic E-state index is 15.3. The lowest BCUT2D eigenvalue weighted by molar-refractivity contribution is -0.116. The molecule has 2 aromatic rings. The summed E-state index contributed by atoms with van der Waals surface area (Å²) in [6.45, 7) is 7.96. The smallest absolute Gasteiger partial charge is 0.488 e. The van der Waals surface area contributed by atoms with Gasteiger partial charge in [0.25, 0.3) is 0 Å². The number of rotatable bonds is 4. The standard InChI is InChI=1S/C22H25BFNO4/c1-21(2)22(3,4)29-23(28-21)19-16(24)12-17(15-10-11-18(26)25-20(15)19)27-13-14-8-6-5-7-9-14/h5-9,12H,10-11,13H2,1-4H3,(H,25,26). The van der Waals surface area contributed by atoms with E-state index in [2.05, 4.69) is 5.32 Å². The Bertz CT molecular complexity index is 930. The molecular formula is C22H25BFNO4. The number of hydrogen-bond acceptors (Lipinski definition) is 4. The summed E-state index contributed by atoms with van der Waals surface area (Å²) in [6, 6.07) is 11.1. The third kappa shape index (κ3) is 3.65. The van der Waals surface area contributed by atoms with E-state index in [1.807, 2.05) is 58.0 Å². The van der Waals surface area contributed by atoms with Gasteiger partial charge >= 0.3 is 7.12 Å². The minimum atomic E-state index is -0.907. The van der Waals surface area contributed by atoms with Crippen LogP contribution in [0.3, 0.4) is 0 Å². The second kappa shape index (κ2) is 7.15. The van der Waals surface area contributed by atoms with Crippen molar-refractivity contribution in [3.8, 4) is 5.75 Å². The molecule has 1 fully saturated rings. The minimum absolute atomic E-state index is 0.158. The maximum Gasteiger partial charge on any atom is 0.500 e. The van der Waals surface area contributed by atoms with E-state index < -0.39 is 24.1 Å². The monoisotopic (exact) mass is 397 g/mol. The van der Waals surface area contributed by atoms with Gasteiger partial charge in [0.2, 0.25) is 5.91 Å². The quantitative estimate of drug-likeness (QED) is 0.802. The van der Waals surface area contributed by atoms with E-state index in [1.165, 1.54) is 6.07 Å². The average Bonchev–Trinajstić information content (AvgIpc) is 2.87. The van der Waals surface area contributed by atoms with Crippen molar-refractivity contribution in [3.63, 3.8) is 0 Å². The Balaban J connectivity index is 1.71. The van der Waals surface area contributed by atoms with E-state index in [0.717, 1.165) is 11.1 Å². The molecule has 0 unspecified atom stereocenters. The highest BCUT2D eigenvalue weighted by Gasteiger charge is 2.53. The lowest BCUT2D eigenvalue weighted by Crippen LogP contribution is -2.41. The first-order chi connectivity index (χ1) is 13.7. The van der Waals surface area contributed by atoms with Crippen molar-refractivity contribution in [1.82, 2.24) is 0 Å². The second-order valence-corrected chi connectivity index (χ2v) is 8.53. The van der Waals surface area contributed by atoms with Crippen LogP contribution >= 0.6 is 0 Å². The summed E-state index contributed by atoms with van der Waals surface area (Å²) in [4.78, 5) is 12.1. The minimum Gasteiger partial charge on any atom is -0.488 e. The Morgan fingerprint density at radius 3 is 2.41 bits per heavy atom. The zero-order chi connectivity index (χ0) is 20.8. The van der Waals surface area contributed by atoms with Crippen LogP contribution in [0.4, 0.5) is 10.1 Å². The van der Waals surface area contributed by atoms with E-state index in [0.29, 0.717) is 30.9 Å². The van der Waals surface area contributed by atoms with Crippen molar-refractivity contribution >= 4 is 24.2 Å². The van der Waals surface area contributed by atoms with Crippen LogP contribution in [0.15, 0.2) is 36.4 Å². The highest BCUT2D eigenvalue weighted by Crippen LogP contribution is 2.39. The van der Waals surface area contributed by atoms with E-state index in [-0.39, 0.29) is 11.4 Å². The van der Waals surface area contributed by atoms with E-state index in [4.69, 9.17) is 14.0 Å². The molecule has 0 aromatic heterocycles. The maximum atomic E-state index is 15.3. The van der Waals surface area contributed by atoms with Gasteiger partial charge in [0, 0.05) is 23.5 Å². The summed E-state index contributed by atoms with van der Waals surface area (Å²) in [7, 11) is -0.907. The van der Waals surface area contributed by atoms with Gasteiger partial charge in [-0.2, -0.15) is 0 Å². The van der Waals surface area contributed by atoms with Crippen molar-refractivity contribution in [2.24, 2.45) is 0 Å². The Kier molecular flexibility index (Phi) is 4.91. The number of carbonyl (C=O) groups is 1. The molecule has 2 aromatic carbocycles. The molecule has 5 nitrogen and oxygen atoms in total. The molecule has 0 bridgehead atoms. The summed E-state index contributed by atoms with van der Waals surface area (Å²) in [6.07, 6.45) is 0.793. The van der Waals surface area contributed by atoms with E-state index in [1.54, 1.807) is 0 Å². The van der Waals surface area contributed by atoms with Crippen molar-refractivity contribution in [2.75, 3.05) is 5.32 Å². The molecule has 4 rings (SSSR count). The first-order valence-corrected chi connectivity index (χ1v) is 9.85. The predicted molar refractivity (Wildman–Crippen MR) is 110 cm³/mol. The van der Waals surface area contributed by atoms with E-state index in [9.17, 15) is 4.79 Å². The highest BCUT2D eigenvalue weighted by atomic mass is 19.1. The van der Waals surface area contributed by atoms with Crippen molar-refractivity contribution in [1.29, 1.82) is 0 Å². The largest absolute Gasteiger partial charge is 0.500 e. The summed E-state index contributed by atoms with van der Waals surface area (Å²) < 4.78 is 33.3. The summed E-state index contributed by atoms with van der Waals surface area (Å²) in [5, 5.41) is 2.82. The number of benzene rings is 2. The zero-order valence-electron chi connectivity index (χ0n) is 17.2. The van der Waals surface area contributed by atoms with Gasteiger partial charge in [0.1, 0.15) is 18.2 Å². The first-order valence-electron chi connectivity index (χ1n) is 9.85. The van der Waals surface area contributed by atoms with Gasteiger partial charge in [-0.25, -0.2) is 4.39 Å². The van der Waals surface area contributed by atoms with Crippen LogP contribution in [0, 0.1) is 5.82 Å². The molecule has 0 saturated carbocycles. The third-order valence-electron chi connectivity index (χ3n) is 5.98. The van der Waals surface area contributed by atoms with E-state index >= 15 is 4.39 Å². The molecular weight excluding hydrogens is 372 g/mol. The lowest BCUT2D eigenvalue weighted by atomic mass is 9.75. The number of fused-ring (bicyclic) bond motifs is 1. The van der Waals surface area contributed by atoms with Crippen LogP contribution in [-0.4, -0.2) is 24.2 Å². The van der Waals surface area contributed by atoms with Crippen LogP contribution in [0.1, 0.15) is 45.2 Å². The number of amides is 1. The molecule has 1 amide bonds. The molecule has 0 aliphatic carbocycles.